The summed E-state index contributed by atoms with van der Waals surface area (Å²) in [7, 11) is 0. The smallest absolute Gasteiger partial charge is 0.307 e. The molecule has 158 valence electrons. The topological polar surface area (TPSA) is 134 Å². The lowest BCUT2D eigenvalue weighted by Crippen LogP contribution is -2.26. The Hall–Kier alpha value is -3.33. The zero-order valence-corrected chi connectivity index (χ0v) is 16.9. The summed E-state index contributed by atoms with van der Waals surface area (Å²) >= 11 is 0. The summed E-state index contributed by atoms with van der Waals surface area (Å²) in [6.45, 7) is 3.91. The van der Waals surface area contributed by atoms with Crippen molar-refractivity contribution in [3.8, 4) is 11.6 Å². The molecule has 3 aromatic rings. The molecule has 9 heteroatoms. The summed E-state index contributed by atoms with van der Waals surface area (Å²) in [5.41, 5.74) is 1.59. The molecule has 1 aromatic carbocycles. The van der Waals surface area contributed by atoms with Gasteiger partial charge < -0.3 is 14.9 Å². The highest BCUT2D eigenvalue weighted by atomic mass is 16.5. The highest BCUT2D eigenvalue weighted by Gasteiger charge is 2.33. The Morgan fingerprint density at radius 3 is 2.63 bits per heavy atom. The van der Waals surface area contributed by atoms with Gasteiger partial charge in [-0.2, -0.15) is 5.21 Å². The van der Waals surface area contributed by atoms with Crippen molar-refractivity contribution in [1.29, 1.82) is 0 Å². The molecule has 3 N–H and O–H groups in total. The van der Waals surface area contributed by atoms with E-state index in [2.05, 4.69) is 25.6 Å². The van der Waals surface area contributed by atoms with Crippen LogP contribution in [0.1, 0.15) is 43.1 Å². The maximum Gasteiger partial charge on any atom is 0.307 e. The van der Waals surface area contributed by atoms with E-state index in [1.54, 1.807) is 36.5 Å². The molecule has 0 amide bonds. The first-order chi connectivity index (χ1) is 14.5. The number of carboxylic acids is 1. The second-order valence-electron chi connectivity index (χ2n) is 7.57. The van der Waals surface area contributed by atoms with Crippen LogP contribution < -0.4 is 4.74 Å². The van der Waals surface area contributed by atoms with Crippen molar-refractivity contribution in [2.75, 3.05) is 0 Å². The van der Waals surface area contributed by atoms with Gasteiger partial charge in [0.05, 0.1) is 12.5 Å². The summed E-state index contributed by atoms with van der Waals surface area (Å²) < 4.78 is 5.74. The predicted molar refractivity (Wildman–Crippen MR) is 108 cm³/mol. The summed E-state index contributed by atoms with van der Waals surface area (Å²) in [5, 5.41) is 33.1. The molecule has 2 heterocycles. The van der Waals surface area contributed by atoms with E-state index in [9.17, 15) is 15.0 Å². The Morgan fingerprint density at radius 2 is 2.03 bits per heavy atom. The standard InChI is InChI=1S/C21H25N5O4/c1-13(2)8-18(21(28)29)17(20-23-25-26-24-20)10-14-6-7-19(22-11-14)30-16-5-3-4-15(9-16)12-27/h3-7,9,11,13,17-18,27H,8,10,12H2,1-2H3,(H,28,29)(H,23,24,25,26)/t17-,18-/m0/s1. The van der Waals surface area contributed by atoms with Gasteiger partial charge in [0, 0.05) is 18.2 Å². The van der Waals surface area contributed by atoms with Crippen molar-refractivity contribution in [2.45, 2.75) is 39.2 Å². The molecule has 0 aliphatic heterocycles. The van der Waals surface area contributed by atoms with Crippen LogP contribution in [0.3, 0.4) is 0 Å². The summed E-state index contributed by atoms with van der Waals surface area (Å²) in [6.07, 6.45) is 2.58. The molecule has 0 bridgehead atoms. The Kier molecular flexibility index (Phi) is 7.08. The second-order valence-corrected chi connectivity index (χ2v) is 7.57. The fourth-order valence-corrected chi connectivity index (χ4v) is 3.36. The number of aliphatic hydroxyl groups is 1. The minimum Gasteiger partial charge on any atom is -0.481 e. The van der Waals surface area contributed by atoms with Crippen LogP contribution in [0.4, 0.5) is 0 Å². The van der Waals surface area contributed by atoms with Crippen molar-refractivity contribution >= 4 is 5.97 Å². The van der Waals surface area contributed by atoms with Gasteiger partial charge in [-0.15, -0.1) is 10.2 Å². The van der Waals surface area contributed by atoms with E-state index in [4.69, 9.17) is 4.74 Å². The molecule has 0 unspecified atom stereocenters. The summed E-state index contributed by atoms with van der Waals surface area (Å²) in [6, 6.07) is 10.7. The third-order valence-corrected chi connectivity index (χ3v) is 4.78. The van der Waals surface area contributed by atoms with Crippen molar-refractivity contribution in [3.05, 3.63) is 59.5 Å². The van der Waals surface area contributed by atoms with Gasteiger partial charge in [0.1, 0.15) is 5.75 Å². The number of hydrogen-bond donors (Lipinski definition) is 3. The maximum absolute atomic E-state index is 11.9. The number of hydrogen-bond acceptors (Lipinski definition) is 7. The lowest BCUT2D eigenvalue weighted by Gasteiger charge is -2.23. The van der Waals surface area contributed by atoms with Crippen molar-refractivity contribution in [3.63, 3.8) is 0 Å². The van der Waals surface area contributed by atoms with Crippen LogP contribution in [0.25, 0.3) is 0 Å². The number of nitrogens with zero attached hydrogens (tertiary/aromatic N) is 4. The van der Waals surface area contributed by atoms with Crippen LogP contribution >= 0.6 is 0 Å². The van der Waals surface area contributed by atoms with Crippen LogP contribution in [0.2, 0.25) is 0 Å². The number of aromatic amines is 1. The Balaban J connectivity index is 1.77. The van der Waals surface area contributed by atoms with E-state index in [1.807, 2.05) is 19.9 Å². The first-order valence-electron chi connectivity index (χ1n) is 9.75. The van der Waals surface area contributed by atoms with Gasteiger partial charge >= 0.3 is 5.97 Å². The highest BCUT2D eigenvalue weighted by molar-refractivity contribution is 5.71. The monoisotopic (exact) mass is 411 g/mol. The van der Waals surface area contributed by atoms with Crippen LogP contribution in [0, 0.1) is 11.8 Å². The number of H-pyrrole nitrogens is 1. The number of carboxylic acid groups (broad SMARTS) is 1. The molecule has 9 nitrogen and oxygen atoms in total. The average Bonchev–Trinajstić information content (AvgIpc) is 3.26. The van der Waals surface area contributed by atoms with Crippen LogP contribution in [0.15, 0.2) is 42.6 Å². The van der Waals surface area contributed by atoms with Gasteiger partial charge in [-0.3, -0.25) is 4.79 Å². The number of aliphatic carboxylic acids is 1. The van der Waals surface area contributed by atoms with Gasteiger partial charge in [0.15, 0.2) is 5.82 Å². The minimum absolute atomic E-state index is 0.0673. The van der Waals surface area contributed by atoms with Crippen molar-refractivity contribution in [1.82, 2.24) is 25.6 Å². The molecular weight excluding hydrogens is 386 g/mol. The molecule has 0 aliphatic carbocycles. The number of benzene rings is 1. The molecule has 30 heavy (non-hydrogen) atoms. The molecule has 2 atom stereocenters. The van der Waals surface area contributed by atoms with E-state index in [-0.39, 0.29) is 12.5 Å². The van der Waals surface area contributed by atoms with Gasteiger partial charge in [-0.25, -0.2) is 4.98 Å². The molecule has 0 radical (unpaired) electrons. The first-order valence-corrected chi connectivity index (χ1v) is 9.75. The van der Waals surface area contributed by atoms with Crippen LogP contribution in [-0.2, 0) is 17.8 Å². The SMILES string of the molecule is CC(C)C[C@H](C(=O)O)[C@H](Cc1ccc(Oc2cccc(CO)c2)nc1)c1nn[nH]n1. The average molecular weight is 411 g/mol. The van der Waals surface area contributed by atoms with E-state index in [0.29, 0.717) is 30.3 Å². The molecule has 0 fully saturated rings. The largest absolute Gasteiger partial charge is 0.481 e. The number of aromatic nitrogens is 5. The number of nitrogens with one attached hydrogen (secondary N) is 1. The maximum atomic E-state index is 11.9. The molecule has 0 saturated heterocycles. The lowest BCUT2D eigenvalue weighted by atomic mass is 9.81. The summed E-state index contributed by atoms with van der Waals surface area (Å²) in [5.74, 6) is -0.377. The molecule has 0 saturated carbocycles. The van der Waals surface area contributed by atoms with Gasteiger partial charge in [-0.05, 0) is 42.0 Å². The number of carbonyl (C=O) groups is 1. The van der Waals surface area contributed by atoms with Crippen molar-refractivity contribution in [2.24, 2.45) is 11.8 Å². The summed E-state index contributed by atoms with van der Waals surface area (Å²) in [4.78, 5) is 16.3. The van der Waals surface area contributed by atoms with Gasteiger partial charge in [0.25, 0.3) is 0 Å². The fourth-order valence-electron chi connectivity index (χ4n) is 3.36. The third-order valence-electron chi connectivity index (χ3n) is 4.78. The quantitative estimate of drug-likeness (QED) is 0.463. The Bertz CT molecular complexity index is 944. The number of ether oxygens (including phenoxy) is 1. The van der Waals surface area contributed by atoms with E-state index < -0.39 is 17.8 Å². The van der Waals surface area contributed by atoms with E-state index in [0.717, 1.165) is 11.1 Å². The minimum atomic E-state index is -0.879. The predicted octanol–water partition coefficient (Wildman–Crippen LogP) is 2.95. The molecule has 0 spiro atoms. The molecule has 0 aliphatic rings. The zero-order chi connectivity index (χ0) is 21.5. The fraction of sp³-hybridized carbons (Fsp3) is 0.381. The lowest BCUT2D eigenvalue weighted by molar-refractivity contribution is -0.143. The Morgan fingerprint density at radius 1 is 1.20 bits per heavy atom. The van der Waals surface area contributed by atoms with Crippen LogP contribution in [-0.4, -0.2) is 41.8 Å². The second kappa shape index (κ2) is 9.93. The van der Waals surface area contributed by atoms with Gasteiger partial charge in [0.2, 0.25) is 5.88 Å². The number of aliphatic hydroxyl groups excluding tert-OH is 1. The molecule has 3 rings (SSSR count). The van der Waals surface area contributed by atoms with Crippen molar-refractivity contribution < 1.29 is 19.7 Å². The first kappa shape index (κ1) is 21.4. The van der Waals surface area contributed by atoms with Gasteiger partial charge in [-0.1, -0.05) is 37.3 Å². The molecule has 2 aromatic heterocycles. The normalized spacial score (nSPS) is 13.2. The third kappa shape index (κ3) is 5.60. The highest BCUT2D eigenvalue weighted by Crippen LogP contribution is 2.31. The van der Waals surface area contributed by atoms with Crippen LogP contribution in [0.5, 0.6) is 11.6 Å². The zero-order valence-electron chi connectivity index (χ0n) is 16.9. The Labute approximate surface area is 174 Å². The number of tetrazole rings is 1. The van der Waals surface area contributed by atoms with E-state index >= 15 is 0 Å². The number of pyridine rings is 1. The molecular formula is C21H25N5O4. The van der Waals surface area contributed by atoms with E-state index in [1.165, 1.54) is 0 Å². The number of rotatable bonds is 10.